The van der Waals surface area contributed by atoms with Gasteiger partial charge in [0.15, 0.2) is 6.04 Å². The van der Waals surface area contributed by atoms with Crippen molar-refractivity contribution in [3.8, 4) is 0 Å². The van der Waals surface area contributed by atoms with Crippen LogP contribution < -0.4 is 0 Å². The molecule has 3 heterocycles. The maximum Gasteiger partial charge on any atom is 0.268 e. The lowest BCUT2D eigenvalue weighted by atomic mass is 9.69. The van der Waals surface area contributed by atoms with Crippen LogP contribution >= 0.6 is 0 Å². The standard InChI is InChI=1S/C25H18N2O4/c1-27-21(28)18-14-8-9-15-19(18)24(23(27)29)22-25(31-24,17-12-6-3-7-13-17)30-20(26-22)16-10-4-2-5-11-16/h2-15,22H,1H3/t22-,24+,25+/m1/s1. The van der Waals surface area contributed by atoms with Gasteiger partial charge in [-0.1, -0.05) is 66.7 Å². The number of hydrogen-bond acceptors (Lipinski definition) is 5. The molecule has 6 nitrogen and oxygen atoms in total. The summed E-state index contributed by atoms with van der Waals surface area (Å²) in [6.07, 6.45) is 0. The molecule has 2 amide bonds. The predicted octanol–water partition coefficient (Wildman–Crippen LogP) is 3.22. The third-order valence-corrected chi connectivity index (χ3v) is 6.23. The summed E-state index contributed by atoms with van der Waals surface area (Å²) in [6.45, 7) is 0. The molecule has 1 saturated heterocycles. The Hall–Kier alpha value is -3.77. The highest BCUT2D eigenvalue weighted by molar-refractivity contribution is 6.13. The third-order valence-electron chi connectivity index (χ3n) is 6.23. The summed E-state index contributed by atoms with van der Waals surface area (Å²) in [7, 11) is 1.48. The molecule has 0 bridgehead atoms. The van der Waals surface area contributed by atoms with E-state index in [1.165, 1.54) is 7.05 Å². The van der Waals surface area contributed by atoms with Gasteiger partial charge in [0.2, 0.25) is 11.5 Å². The monoisotopic (exact) mass is 410 g/mol. The molecule has 3 aromatic carbocycles. The second-order valence-electron chi connectivity index (χ2n) is 7.89. The highest BCUT2D eigenvalue weighted by Crippen LogP contribution is 2.61. The molecule has 1 fully saturated rings. The van der Waals surface area contributed by atoms with Crippen LogP contribution in [0.4, 0.5) is 0 Å². The minimum atomic E-state index is -1.42. The molecule has 3 aliphatic heterocycles. The van der Waals surface area contributed by atoms with Crippen molar-refractivity contribution in [1.82, 2.24) is 4.90 Å². The van der Waals surface area contributed by atoms with Crippen molar-refractivity contribution < 1.29 is 19.1 Å². The van der Waals surface area contributed by atoms with E-state index in [-0.39, 0.29) is 5.91 Å². The normalized spacial score (nSPS) is 28.5. The molecule has 3 aromatic rings. The lowest BCUT2D eigenvalue weighted by molar-refractivity contribution is -0.366. The molecule has 1 spiro atoms. The Morgan fingerprint density at radius 3 is 2.26 bits per heavy atom. The largest absolute Gasteiger partial charge is 0.438 e. The minimum absolute atomic E-state index is 0.349. The van der Waals surface area contributed by atoms with Gasteiger partial charge in [-0.05, 0) is 18.2 Å². The smallest absolute Gasteiger partial charge is 0.268 e. The van der Waals surface area contributed by atoms with Crippen molar-refractivity contribution in [3.05, 3.63) is 107 Å². The molecule has 0 aromatic heterocycles. The predicted molar refractivity (Wildman–Crippen MR) is 112 cm³/mol. The average molecular weight is 410 g/mol. The van der Waals surface area contributed by atoms with Crippen LogP contribution in [0, 0.1) is 0 Å². The van der Waals surface area contributed by atoms with Crippen molar-refractivity contribution in [1.29, 1.82) is 0 Å². The maximum absolute atomic E-state index is 13.5. The number of ether oxygens (including phenoxy) is 2. The first-order valence-corrected chi connectivity index (χ1v) is 10.1. The molecule has 0 saturated carbocycles. The van der Waals surface area contributed by atoms with Crippen LogP contribution in [0.2, 0.25) is 0 Å². The molecule has 0 radical (unpaired) electrons. The Bertz CT molecular complexity index is 1260. The van der Waals surface area contributed by atoms with Crippen molar-refractivity contribution in [2.45, 2.75) is 17.4 Å². The van der Waals surface area contributed by atoms with E-state index in [0.29, 0.717) is 17.0 Å². The van der Waals surface area contributed by atoms with Gasteiger partial charge in [-0.15, -0.1) is 0 Å². The molecule has 0 N–H and O–H groups in total. The molecular formula is C25H18N2O4. The van der Waals surface area contributed by atoms with Crippen LogP contribution in [0.15, 0.2) is 89.9 Å². The van der Waals surface area contributed by atoms with Gasteiger partial charge >= 0.3 is 0 Å². The minimum Gasteiger partial charge on any atom is -0.438 e. The van der Waals surface area contributed by atoms with Crippen molar-refractivity contribution >= 4 is 17.7 Å². The number of carbonyl (C=O) groups excluding carboxylic acids is 2. The van der Waals surface area contributed by atoms with E-state index in [4.69, 9.17) is 14.5 Å². The Balaban J connectivity index is 1.57. The SMILES string of the molecule is CN1C(=O)c2ccccc2[C@@]2(O[C@]3(c4ccccc4)OC(c4ccccc4)=N[C@@H]32)C1=O. The van der Waals surface area contributed by atoms with Gasteiger partial charge in [0.05, 0.1) is 0 Å². The van der Waals surface area contributed by atoms with Gasteiger partial charge in [-0.3, -0.25) is 14.5 Å². The van der Waals surface area contributed by atoms with Crippen molar-refractivity contribution in [2.24, 2.45) is 4.99 Å². The van der Waals surface area contributed by atoms with Gasteiger partial charge in [0.1, 0.15) is 0 Å². The van der Waals surface area contributed by atoms with Gasteiger partial charge < -0.3 is 9.47 Å². The second-order valence-corrected chi connectivity index (χ2v) is 7.89. The molecule has 3 aliphatic rings. The van der Waals surface area contributed by atoms with Crippen molar-refractivity contribution in [3.63, 3.8) is 0 Å². The molecular weight excluding hydrogens is 392 g/mol. The second kappa shape index (κ2) is 6.12. The number of hydrogen-bond donors (Lipinski definition) is 0. The van der Waals surface area contributed by atoms with E-state index in [1.807, 2.05) is 60.7 Å². The first-order valence-electron chi connectivity index (χ1n) is 10.1. The molecule has 31 heavy (non-hydrogen) atoms. The lowest BCUT2D eigenvalue weighted by Gasteiger charge is -2.57. The van der Waals surface area contributed by atoms with E-state index >= 15 is 0 Å². The van der Waals surface area contributed by atoms with Crippen LogP contribution in [0.25, 0.3) is 0 Å². The van der Waals surface area contributed by atoms with E-state index in [1.54, 1.807) is 24.3 Å². The van der Waals surface area contributed by atoms with Crippen LogP contribution in [0.5, 0.6) is 0 Å². The quantitative estimate of drug-likeness (QED) is 0.609. The zero-order chi connectivity index (χ0) is 21.2. The Labute approximate surface area is 178 Å². The molecule has 152 valence electrons. The highest BCUT2D eigenvalue weighted by Gasteiger charge is 2.77. The first-order chi connectivity index (χ1) is 15.1. The third kappa shape index (κ3) is 2.17. The number of nitrogens with zero attached hydrogens (tertiary/aromatic N) is 2. The van der Waals surface area contributed by atoms with Crippen LogP contribution in [-0.2, 0) is 25.7 Å². The van der Waals surface area contributed by atoms with E-state index in [0.717, 1.165) is 16.0 Å². The number of rotatable bonds is 2. The highest BCUT2D eigenvalue weighted by atomic mass is 16.8. The van der Waals surface area contributed by atoms with Gasteiger partial charge in [0, 0.05) is 29.3 Å². The molecule has 6 heteroatoms. The number of likely N-dealkylation sites (N-methyl/N-ethyl adjacent to an activating group) is 1. The van der Waals surface area contributed by atoms with Crippen molar-refractivity contribution in [2.75, 3.05) is 7.05 Å². The summed E-state index contributed by atoms with van der Waals surface area (Å²) in [6, 6.07) is 25.4. The maximum atomic E-state index is 13.5. The van der Waals surface area contributed by atoms with Crippen LogP contribution in [-0.4, -0.2) is 35.7 Å². The Morgan fingerprint density at radius 1 is 0.871 bits per heavy atom. The summed E-state index contributed by atoms with van der Waals surface area (Å²) < 4.78 is 12.8. The summed E-state index contributed by atoms with van der Waals surface area (Å²) in [4.78, 5) is 32.3. The van der Waals surface area contributed by atoms with Crippen LogP contribution in [0.3, 0.4) is 0 Å². The summed E-state index contributed by atoms with van der Waals surface area (Å²) in [5.74, 6) is -1.61. The molecule has 0 unspecified atom stereocenters. The molecule has 6 rings (SSSR count). The van der Waals surface area contributed by atoms with Gasteiger partial charge in [0.25, 0.3) is 17.6 Å². The Kier molecular flexibility index (Phi) is 3.56. The number of aliphatic imine (C=N–C) groups is 1. The fourth-order valence-corrected chi connectivity index (χ4v) is 4.75. The average Bonchev–Trinajstić information content (AvgIpc) is 3.14. The summed E-state index contributed by atoms with van der Waals surface area (Å²) in [5, 5.41) is 0. The Morgan fingerprint density at radius 2 is 1.52 bits per heavy atom. The molecule has 3 atom stereocenters. The number of fused-ring (bicyclic) bond motifs is 4. The number of benzene rings is 3. The van der Waals surface area contributed by atoms with E-state index in [2.05, 4.69) is 0 Å². The van der Waals surface area contributed by atoms with Gasteiger partial charge in [-0.2, -0.15) is 0 Å². The zero-order valence-electron chi connectivity index (χ0n) is 16.7. The van der Waals surface area contributed by atoms with Gasteiger partial charge in [-0.25, -0.2) is 4.99 Å². The topological polar surface area (TPSA) is 68.2 Å². The van der Waals surface area contributed by atoms with Crippen LogP contribution in [0.1, 0.15) is 27.0 Å². The number of carbonyl (C=O) groups is 2. The zero-order valence-corrected chi connectivity index (χ0v) is 16.7. The summed E-state index contributed by atoms with van der Waals surface area (Å²) in [5.41, 5.74) is 1.11. The number of imide groups is 1. The summed E-state index contributed by atoms with van der Waals surface area (Å²) >= 11 is 0. The first kappa shape index (κ1) is 18.0. The number of amides is 2. The van der Waals surface area contributed by atoms with E-state index in [9.17, 15) is 9.59 Å². The fraction of sp³-hybridized carbons (Fsp3) is 0.160. The molecule has 0 aliphatic carbocycles. The van der Waals surface area contributed by atoms with E-state index < -0.39 is 23.3 Å². The fourth-order valence-electron chi connectivity index (χ4n) is 4.75. The lowest BCUT2D eigenvalue weighted by Crippen LogP contribution is -2.74.